The molecule has 1 unspecified atom stereocenters. The molecule has 2 aromatic carbocycles. The minimum atomic E-state index is -4.29. The van der Waals surface area contributed by atoms with Crippen LogP contribution in [0.3, 0.4) is 0 Å². The summed E-state index contributed by atoms with van der Waals surface area (Å²) in [6, 6.07) is 15.6. The molecule has 1 nitrogen and oxygen atoms in total. The van der Waals surface area contributed by atoms with Gasteiger partial charge in [0, 0.05) is 6.04 Å². The molecule has 21 heavy (non-hydrogen) atoms. The predicted molar refractivity (Wildman–Crippen MR) is 78.0 cm³/mol. The van der Waals surface area contributed by atoms with Gasteiger partial charge in [-0.05, 0) is 37.1 Å². The molecular formula is C17H18F3N. The normalized spacial score (nSPS) is 13.1. The molecular weight excluding hydrogens is 275 g/mol. The average molecular weight is 293 g/mol. The van der Waals surface area contributed by atoms with Crippen molar-refractivity contribution in [2.75, 3.05) is 7.05 Å². The Bertz CT molecular complexity index is 564. The highest BCUT2D eigenvalue weighted by molar-refractivity contribution is 5.30. The second-order valence-corrected chi connectivity index (χ2v) is 4.95. The Hall–Kier alpha value is -1.81. The van der Waals surface area contributed by atoms with Crippen molar-refractivity contribution in [1.29, 1.82) is 0 Å². The molecule has 0 fully saturated rings. The van der Waals surface area contributed by atoms with E-state index in [1.807, 2.05) is 37.4 Å². The minimum Gasteiger partial charge on any atom is -0.313 e. The smallest absolute Gasteiger partial charge is 0.313 e. The predicted octanol–water partition coefficient (Wildman–Crippen LogP) is 4.60. The minimum absolute atomic E-state index is 0.0486. The number of benzene rings is 2. The van der Waals surface area contributed by atoms with E-state index in [0.717, 1.165) is 11.6 Å². The molecule has 0 aliphatic carbocycles. The Morgan fingerprint density at radius 3 is 2.19 bits per heavy atom. The molecule has 2 rings (SSSR count). The van der Waals surface area contributed by atoms with E-state index < -0.39 is 11.7 Å². The van der Waals surface area contributed by atoms with Crippen LogP contribution in [0.2, 0.25) is 0 Å². The van der Waals surface area contributed by atoms with E-state index in [-0.39, 0.29) is 6.04 Å². The van der Waals surface area contributed by atoms with Gasteiger partial charge in [0.05, 0.1) is 5.56 Å². The highest BCUT2D eigenvalue weighted by Crippen LogP contribution is 2.33. The molecule has 0 radical (unpaired) electrons. The highest BCUT2D eigenvalue weighted by Gasteiger charge is 2.32. The van der Waals surface area contributed by atoms with Crippen molar-refractivity contribution in [3.63, 3.8) is 0 Å². The lowest BCUT2D eigenvalue weighted by atomic mass is 9.96. The summed E-state index contributed by atoms with van der Waals surface area (Å²) >= 11 is 0. The molecule has 0 spiro atoms. The summed E-state index contributed by atoms with van der Waals surface area (Å²) in [5.74, 6) is 0. The number of nitrogens with one attached hydrogen (secondary N) is 1. The van der Waals surface area contributed by atoms with Crippen LogP contribution in [-0.4, -0.2) is 7.05 Å². The van der Waals surface area contributed by atoms with Crippen LogP contribution < -0.4 is 5.32 Å². The van der Waals surface area contributed by atoms with Gasteiger partial charge >= 0.3 is 6.18 Å². The van der Waals surface area contributed by atoms with E-state index in [0.29, 0.717) is 18.4 Å². The molecule has 2 aromatic rings. The van der Waals surface area contributed by atoms with Crippen molar-refractivity contribution < 1.29 is 13.2 Å². The van der Waals surface area contributed by atoms with Gasteiger partial charge in [0.2, 0.25) is 0 Å². The Morgan fingerprint density at radius 2 is 1.57 bits per heavy atom. The number of alkyl halides is 3. The van der Waals surface area contributed by atoms with Gasteiger partial charge < -0.3 is 5.32 Å². The van der Waals surface area contributed by atoms with Crippen LogP contribution in [0.5, 0.6) is 0 Å². The van der Waals surface area contributed by atoms with Gasteiger partial charge in [0.25, 0.3) is 0 Å². The summed E-state index contributed by atoms with van der Waals surface area (Å²) in [5.41, 5.74) is 0.901. The maximum absolute atomic E-state index is 13.0. The van der Waals surface area contributed by atoms with Crippen LogP contribution in [0.4, 0.5) is 13.2 Å². The van der Waals surface area contributed by atoms with Crippen molar-refractivity contribution in [3.8, 4) is 0 Å². The number of aryl methyl sites for hydroxylation is 1. The number of hydrogen-bond donors (Lipinski definition) is 1. The highest BCUT2D eigenvalue weighted by atomic mass is 19.4. The summed E-state index contributed by atoms with van der Waals surface area (Å²) in [4.78, 5) is 0. The van der Waals surface area contributed by atoms with Crippen LogP contribution in [-0.2, 0) is 12.6 Å². The SMILES string of the molecule is CNC(CCc1ccccc1C(F)(F)F)c1ccccc1. The largest absolute Gasteiger partial charge is 0.416 e. The molecule has 0 saturated carbocycles. The number of rotatable bonds is 5. The fraction of sp³-hybridized carbons (Fsp3) is 0.294. The molecule has 0 amide bonds. The van der Waals surface area contributed by atoms with Crippen LogP contribution in [0, 0.1) is 0 Å². The summed E-state index contributed by atoms with van der Waals surface area (Å²) in [6.07, 6.45) is -3.29. The summed E-state index contributed by atoms with van der Waals surface area (Å²) < 4.78 is 38.9. The zero-order valence-electron chi connectivity index (χ0n) is 11.8. The third-order valence-corrected chi connectivity index (χ3v) is 3.58. The topological polar surface area (TPSA) is 12.0 Å². The van der Waals surface area contributed by atoms with Crippen LogP contribution >= 0.6 is 0 Å². The van der Waals surface area contributed by atoms with Crippen molar-refractivity contribution >= 4 is 0 Å². The fourth-order valence-corrected chi connectivity index (χ4v) is 2.48. The second-order valence-electron chi connectivity index (χ2n) is 4.95. The molecule has 0 heterocycles. The number of hydrogen-bond acceptors (Lipinski definition) is 1. The molecule has 0 aliphatic heterocycles. The molecule has 1 N–H and O–H groups in total. The maximum Gasteiger partial charge on any atom is 0.416 e. The van der Waals surface area contributed by atoms with Crippen LogP contribution in [0.25, 0.3) is 0 Å². The first-order valence-electron chi connectivity index (χ1n) is 6.89. The van der Waals surface area contributed by atoms with Gasteiger partial charge in [-0.2, -0.15) is 13.2 Å². The lowest BCUT2D eigenvalue weighted by molar-refractivity contribution is -0.138. The van der Waals surface area contributed by atoms with Gasteiger partial charge in [0.15, 0.2) is 0 Å². The molecule has 112 valence electrons. The van der Waals surface area contributed by atoms with E-state index in [9.17, 15) is 13.2 Å². The van der Waals surface area contributed by atoms with Crippen LogP contribution in [0.15, 0.2) is 54.6 Å². The maximum atomic E-state index is 13.0. The quantitative estimate of drug-likeness (QED) is 0.849. The molecule has 0 saturated heterocycles. The summed E-state index contributed by atoms with van der Waals surface area (Å²) in [6.45, 7) is 0. The number of halogens is 3. The van der Waals surface area contributed by atoms with Gasteiger partial charge in [-0.3, -0.25) is 0 Å². The van der Waals surface area contributed by atoms with Gasteiger partial charge in [-0.15, -0.1) is 0 Å². The second kappa shape index (κ2) is 6.76. The Kier molecular flexibility index (Phi) is 5.02. The third-order valence-electron chi connectivity index (χ3n) is 3.58. The standard InChI is InChI=1S/C17H18F3N/c1-21-16(14-8-3-2-4-9-14)12-11-13-7-5-6-10-15(13)17(18,19)20/h2-10,16,21H,11-12H2,1H3. The monoisotopic (exact) mass is 293 g/mol. The summed E-state index contributed by atoms with van der Waals surface area (Å²) in [7, 11) is 1.83. The van der Waals surface area contributed by atoms with Crippen LogP contribution in [0.1, 0.15) is 29.2 Å². The molecule has 4 heteroatoms. The molecule has 0 bridgehead atoms. The Labute approximate surface area is 122 Å². The fourth-order valence-electron chi connectivity index (χ4n) is 2.48. The van der Waals surface area contributed by atoms with Gasteiger partial charge in [0.1, 0.15) is 0 Å². The molecule has 0 aliphatic rings. The zero-order valence-corrected chi connectivity index (χ0v) is 11.8. The van der Waals surface area contributed by atoms with Crippen molar-refractivity contribution in [2.45, 2.75) is 25.1 Å². The van der Waals surface area contributed by atoms with Crippen molar-refractivity contribution in [3.05, 3.63) is 71.3 Å². The van der Waals surface area contributed by atoms with E-state index in [4.69, 9.17) is 0 Å². The summed E-state index contributed by atoms with van der Waals surface area (Å²) in [5, 5.41) is 3.17. The van der Waals surface area contributed by atoms with E-state index >= 15 is 0 Å². The zero-order chi connectivity index (χ0) is 15.3. The van der Waals surface area contributed by atoms with Crippen molar-refractivity contribution in [1.82, 2.24) is 5.32 Å². The first-order valence-corrected chi connectivity index (χ1v) is 6.89. The molecule has 0 aromatic heterocycles. The average Bonchev–Trinajstić information content (AvgIpc) is 2.48. The lowest BCUT2D eigenvalue weighted by Gasteiger charge is -2.18. The van der Waals surface area contributed by atoms with Crippen molar-refractivity contribution in [2.24, 2.45) is 0 Å². The van der Waals surface area contributed by atoms with E-state index in [2.05, 4.69) is 5.32 Å². The Balaban J connectivity index is 2.13. The van der Waals surface area contributed by atoms with E-state index in [1.54, 1.807) is 12.1 Å². The first-order chi connectivity index (χ1) is 10.0. The van der Waals surface area contributed by atoms with Gasteiger partial charge in [-0.25, -0.2) is 0 Å². The Morgan fingerprint density at radius 1 is 0.952 bits per heavy atom. The third kappa shape index (κ3) is 4.08. The molecule has 1 atom stereocenters. The lowest BCUT2D eigenvalue weighted by Crippen LogP contribution is -2.18. The first kappa shape index (κ1) is 15.6. The van der Waals surface area contributed by atoms with E-state index in [1.165, 1.54) is 6.07 Å². The van der Waals surface area contributed by atoms with Gasteiger partial charge in [-0.1, -0.05) is 48.5 Å².